The fourth-order valence-electron chi connectivity index (χ4n) is 2.61. The number of carbonyl (C=O) groups is 2. The number of nitrogens with one attached hydrogen (secondary N) is 3. The van der Waals surface area contributed by atoms with Crippen molar-refractivity contribution in [3.05, 3.63) is 54.1 Å². The van der Waals surface area contributed by atoms with E-state index in [4.69, 9.17) is 0 Å². The average Bonchev–Trinajstić information content (AvgIpc) is 2.85. The summed E-state index contributed by atoms with van der Waals surface area (Å²) in [6.45, 7) is 2.96. The Labute approximate surface area is 156 Å². The molecular formula is C18H18N4O4S. The van der Waals surface area contributed by atoms with Gasteiger partial charge in [-0.1, -0.05) is 18.2 Å². The first kappa shape index (κ1) is 18.6. The van der Waals surface area contributed by atoms with Crippen LogP contribution in [0.5, 0.6) is 0 Å². The van der Waals surface area contributed by atoms with Crippen LogP contribution in [0.2, 0.25) is 0 Å². The highest BCUT2D eigenvalue weighted by molar-refractivity contribution is 7.90. The number of amidine groups is 1. The number of hydrogen-bond acceptors (Lipinski definition) is 5. The minimum atomic E-state index is -3.65. The molecule has 1 heterocycles. The van der Waals surface area contributed by atoms with Crippen molar-refractivity contribution in [3.63, 3.8) is 0 Å². The second-order valence-corrected chi connectivity index (χ2v) is 7.66. The van der Waals surface area contributed by atoms with Gasteiger partial charge >= 0.3 is 0 Å². The van der Waals surface area contributed by atoms with Crippen molar-refractivity contribution in [2.45, 2.75) is 24.8 Å². The maximum absolute atomic E-state index is 12.4. The van der Waals surface area contributed by atoms with Gasteiger partial charge in [-0.2, -0.15) is 0 Å². The molecule has 0 aliphatic carbocycles. The lowest BCUT2D eigenvalue weighted by atomic mass is 10.2. The zero-order chi connectivity index (χ0) is 19.6. The summed E-state index contributed by atoms with van der Waals surface area (Å²) < 4.78 is 26.6. The van der Waals surface area contributed by atoms with Gasteiger partial charge in [0.15, 0.2) is 0 Å². The molecular weight excluding hydrogens is 368 g/mol. The van der Waals surface area contributed by atoms with E-state index in [2.05, 4.69) is 20.3 Å². The summed E-state index contributed by atoms with van der Waals surface area (Å²) >= 11 is 0. The van der Waals surface area contributed by atoms with E-state index < -0.39 is 22.0 Å². The van der Waals surface area contributed by atoms with Gasteiger partial charge in [-0.25, -0.2) is 8.42 Å². The summed E-state index contributed by atoms with van der Waals surface area (Å²) in [5, 5.41) is 5.33. The van der Waals surface area contributed by atoms with Crippen LogP contribution in [0.4, 0.5) is 11.4 Å². The highest BCUT2D eigenvalue weighted by atomic mass is 32.2. The van der Waals surface area contributed by atoms with E-state index in [1.807, 2.05) is 0 Å². The van der Waals surface area contributed by atoms with Gasteiger partial charge in [-0.15, -0.1) is 0 Å². The zero-order valence-electron chi connectivity index (χ0n) is 14.7. The van der Waals surface area contributed by atoms with Crippen molar-refractivity contribution in [3.8, 4) is 0 Å². The van der Waals surface area contributed by atoms with Gasteiger partial charge < -0.3 is 10.6 Å². The highest BCUT2D eigenvalue weighted by Crippen LogP contribution is 2.23. The number of carbonyl (C=O) groups excluding carboxylic acids is 2. The van der Waals surface area contributed by atoms with E-state index >= 15 is 0 Å². The Kier molecular flexibility index (Phi) is 4.95. The normalized spacial score (nSPS) is 16.9. The molecule has 0 radical (unpaired) electrons. The first-order valence-corrected chi connectivity index (χ1v) is 9.63. The topological polar surface area (TPSA) is 117 Å². The number of nitrogens with zero attached hydrogens (tertiary/aromatic N) is 1. The molecule has 0 fully saturated rings. The van der Waals surface area contributed by atoms with Crippen LogP contribution in [0.25, 0.3) is 0 Å². The van der Waals surface area contributed by atoms with Gasteiger partial charge in [0.2, 0.25) is 11.8 Å². The predicted octanol–water partition coefficient (Wildman–Crippen LogP) is 1.71. The van der Waals surface area contributed by atoms with Crippen LogP contribution in [0.15, 0.2) is 58.4 Å². The standard InChI is InChI=1S/C18H18N4O4S/c1-11(18(24)21-14-7-5-6-13(10-14)20-12(2)23)19-17-15-8-3-4-9-16(15)27(25,26)22-17/h3-11H,1-2H3,(H,19,22)(H,20,23)(H,21,24)/t11-/m0/s1. The Morgan fingerprint density at radius 2 is 1.70 bits per heavy atom. The number of amides is 2. The SMILES string of the molecule is CC(=O)Nc1cccc(NC(=O)[C@H](C)N=C2NS(=O)(=O)c3ccccc32)c1. The number of fused-ring (bicyclic) bond motifs is 1. The van der Waals surface area contributed by atoms with E-state index in [-0.39, 0.29) is 16.6 Å². The maximum Gasteiger partial charge on any atom is 0.263 e. The minimum absolute atomic E-state index is 0.138. The van der Waals surface area contributed by atoms with E-state index in [0.29, 0.717) is 16.9 Å². The quantitative estimate of drug-likeness (QED) is 0.741. The molecule has 1 aliphatic heterocycles. The van der Waals surface area contributed by atoms with Crippen LogP contribution >= 0.6 is 0 Å². The molecule has 0 saturated heterocycles. The molecule has 2 aromatic carbocycles. The lowest BCUT2D eigenvalue weighted by Gasteiger charge is -2.11. The summed E-state index contributed by atoms with van der Waals surface area (Å²) in [6.07, 6.45) is 0. The van der Waals surface area contributed by atoms with Crippen molar-refractivity contribution < 1.29 is 18.0 Å². The van der Waals surface area contributed by atoms with Gasteiger partial charge in [0, 0.05) is 23.9 Å². The number of aliphatic imine (C=N–C) groups is 1. The first-order valence-electron chi connectivity index (χ1n) is 8.15. The third-order valence-electron chi connectivity index (χ3n) is 3.82. The number of rotatable bonds is 4. The van der Waals surface area contributed by atoms with Crippen molar-refractivity contribution >= 4 is 39.0 Å². The van der Waals surface area contributed by atoms with Crippen molar-refractivity contribution in [2.75, 3.05) is 10.6 Å². The third-order valence-corrected chi connectivity index (χ3v) is 5.21. The largest absolute Gasteiger partial charge is 0.326 e. The van der Waals surface area contributed by atoms with Crippen LogP contribution in [-0.4, -0.2) is 32.1 Å². The van der Waals surface area contributed by atoms with Gasteiger partial charge in [0.1, 0.15) is 11.9 Å². The number of sulfonamides is 1. The molecule has 3 rings (SSSR count). The zero-order valence-corrected chi connectivity index (χ0v) is 15.5. The van der Waals surface area contributed by atoms with Crippen LogP contribution < -0.4 is 15.4 Å². The van der Waals surface area contributed by atoms with Crippen LogP contribution in [0.1, 0.15) is 19.4 Å². The number of hydrogen-bond donors (Lipinski definition) is 3. The van der Waals surface area contributed by atoms with Gasteiger partial charge in [-0.3, -0.25) is 19.3 Å². The van der Waals surface area contributed by atoms with Crippen LogP contribution in [-0.2, 0) is 19.6 Å². The van der Waals surface area contributed by atoms with Crippen molar-refractivity contribution in [1.82, 2.24) is 4.72 Å². The second-order valence-electron chi connectivity index (χ2n) is 6.01. The summed E-state index contributed by atoms with van der Waals surface area (Å²) in [5.74, 6) is -0.489. The Hall–Kier alpha value is -3.20. The lowest BCUT2D eigenvalue weighted by molar-refractivity contribution is -0.117. The molecule has 0 unspecified atom stereocenters. The Morgan fingerprint density at radius 1 is 1.04 bits per heavy atom. The Morgan fingerprint density at radius 3 is 2.41 bits per heavy atom. The molecule has 0 aromatic heterocycles. The van der Waals surface area contributed by atoms with Crippen molar-refractivity contribution in [2.24, 2.45) is 4.99 Å². The van der Waals surface area contributed by atoms with E-state index in [0.717, 1.165) is 0 Å². The van der Waals surface area contributed by atoms with E-state index in [9.17, 15) is 18.0 Å². The predicted molar refractivity (Wildman–Crippen MR) is 102 cm³/mol. The van der Waals surface area contributed by atoms with Gasteiger partial charge in [0.05, 0.1) is 4.90 Å². The Bertz CT molecular complexity index is 1050. The molecule has 3 N–H and O–H groups in total. The molecule has 1 atom stereocenters. The molecule has 0 bridgehead atoms. The molecule has 9 heteroatoms. The minimum Gasteiger partial charge on any atom is -0.326 e. The van der Waals surface area contributed by atoms with Crippen LogP contribution in [0, 0.1) is 0 Å². The smallest absolute Gasteiger partial charge is 0.263 e. The van der Waals surface area contributed by atoms with E-state index in [1.165, 1.54) is 13.0 Å². The van der Waals surface area contributed by atoms with Gasteiger partial charge in [0.25, 0.3) is 10.0 Å². The van der Waals surface area contributed by atoms with E-state index in [1.54, 1.807) is 49.4 Å². The Balaban J connectivity index is 1.77. The molecule has 140 valence electrons. The summed E-state index contributed by atoms with van der Waals surface area (Å²) in [7, 11) is -3.65. The summed E-state index contributed by atoms with van der Waals surface area (Å²) in [4.78, 5) is 27.9. The molecule has 0 spiro atoms. The van der Waals surface area contributed by atoms with Crippen LogP contribution in [0.3, 0.4) is 0 Å². The monoisotopic (exact) mass is 386 g/mol. The molecule has 8 nitrogen and oxygen atoms in total. The highest BCUT2D eigenvalue weighted by Gasteiger charge is 2.31. The molecule has 2 amide bonds. The molecule has 1 aliphatic rings. The lowest BCUT2D eigenvalue weighted by Crippen LogP contribution is -2.28. The number of benzene rings is 2. The van der Waals surface area contributed by atoms with Crippen molar-refractivity contribution in [1.29, 1.82) is 0 Å². The second kappa shape index (κ2) is 7.20. The molecule has 2 aromatic rings. The maximum atomic E-state index is 12.4. The fraction of sp³-hybridized carbons (Fsp3) is 0.167. The third kappa shape index (κ3) is 4.14. The summed E-state index contributed by atoms with van der Waals surface area (Å²) in [5.41, 5.74) is 1.48. The fourth-order valence-corrected chi connectivity index (χ4v) is 3.85. The molecule has 27 heavy (non-hydrogen) atoms. The molecule has 0 saturated carbocycles. The summed E-state index contributed by atoms with van der Waals surface area (Å²) in [6, 6.07) is 12.3. The first-order chi connectivity index (χ1) is 12.8. The van der Waals surface area contributed by atoms with Gasteiger partial charge in [-0.05, 0) is 37.3 Å². The average molecular weight is 386 g/mol. The number of anilines is 2.